The minimum Gasteiger partial charge on any atom is -0.468 e. The molecule has 0 aliphatic carbocycles. The zero-order valence-corrected chi connectivity index (χ0v) is 29.2. The summed E-state index contributed by atoms with van der Waals surface area (Å²) in [5, 5.41) is 0. The van der Waals surface area contributed by atoms with Crippen LogP contribution in [0.3, 0.4) is 0 Å². The molecule has 258 valence electrons. The quantitative estimate of drug-likeness (QED) is 0.121. The molecule has 2 aromatic heterocycles. The van der Waals surface area contributed by atoms with Crippen LogP contribution in [0.15, 0.2) is 48.8 Å². The SMILES string of the molecule is CCCCCCCCCCCCN1[C@@H](c2ccccn2)[C@@]2(C(=O)OC)CN(CCN(C)C)C[C@](C(=O)OC)(C2=O)[C@H]1c1ccccn1. The minimum absolute atomic E-state index is 0.107. The van der Waals surface area contributed by atoms with Crippen molar-refractivity contribution in [1.82, 2.24) is 24.7 Å². The fourth-order valence-electron chi connectivity index (χ4n) is 7.80. The zero-order chi connectivity index (χ0) is 33.9. The number of likely N-dealkylation sites (tertiary alicyclic amines) is 2. The van der Waals surface area contributed by atoms with Crippen molar-refractivity contribution in [3.05, 3.63) is 60.2 Å². The van der Waals surface area contributed by atoms with E-state index in [9.17, 15) is 9.59 Å². The highest BCUT2D eigenvalue weighted by Crippen LogP contribution is 2.60. The Bertz CT molecular complexity index is 1220. The van der Waals surface area contributed by atoms with Crippen LogP contribution in [0, 0.1) is 10.8 Å². The van der Waals surface area contributed by atoms with Gasteiger partial charge >= 0.3 is 11.9 Å². The van der Waals surface area contributed by atoms with E-state index in [-0.39, 0.29) is 13.1 Å². The number of unbranched alkanes of at least 4 members (excludes halogenated alkanes) is 9. The number of ketones is 1. The number of carbonyl (C=O) groups is 3. The molecule has 10 heteroatoms. The number of nitrogens with zero attached hydrogens (tertiary/aromatic N) is 5. The number of ether oxygens (including phenoxy) is 2. The topological polar surface area (TPSA) is 105 Å². The van der Waals surface area contributed by atoms with Gasteiger partial charge in [0.2, 0.25) is 0 Å². The molecule has 2 aliphatic heterocycles. The number of methoxy groups -OCH3 is 2. The van der Waals surface area contributed by atoms with Crippen molar-refractivity contribution in [3.63, 3.8) is 0 Å². The molecule has 0 amide bonds. The fourth-order valence-corrected chi connectivity index (χ4v) is 7.80. The van der Waals surface area contributed by atoms with Crippen molar-refractivity contribution in [2.24, 2.45) is 10.8 Å². The number of hydrogen-bond donors (Lipinski definition) is 0. The van der Waals surface area contributed by atoms with Gasteiger partial charge in [0.25, 0.3) is 0 Å². The van der Waals surface area contributed by atoms with Crippen molar-refractivity contribution >= 4 is 17.7 Å². The second-order valence-corrected chi connectivity index (χ2v) is 13.5. The molecular weight excluding hydrogens is 594 g/mol. The molecule has 0 spiro atoms. The van der Waals surface area contributed by atoms with Crippen molar-refractivity contribution in [3.8, 4) is 0 Å². The Labute approximate surface area is 281 Å². The highest BCUT2D eigenvalue weighted by Gasteiger charge is 2.75. The summed E-state index contributed by atoms with van der Waals surface area (Å²) in [7, 11) is 6.58. The standard InChI is InChI=1S/C37H55N5O5/c1-6-7-8-9-10-11-12-13-14-19-24-42-31(29-20-15-17-22-38-29)36(34(44)46-4)27-41(26-25-40(2)3)28-37(33(36)43,35(45)47-5)32(42)30-21-16-18-23-39-30/h15-18,20-23,31-32H,6-14,19,24-28H2,1-5H3/t31-,32+,36-,37+. The number of Topliss-reactive ketones (excluding diaryl/α,β-unsaturated/α-hetero) is 1. The molecular formula is C37H55N5O5. The van der Waals surface area contributed by atoms with Gasteiger partial charge in [0, 0.05) is 38.6 Å². The second kappa shape index (κ2) is 17.3. The van der Waals surface area contributed by atoms with Gasteiger partial charge in [-0.15, -0.1) is 0 Å². The van der Waals surface area contributed by atoms with E-state index in [0.717, 1.165) is 19.3 Å². The lowest BCUT2D eigenvalue weighted by Gasteiger charge is -2.61. The van der Waals surface area contributed by atoms with Crippen LogP contribution in [0.25, 0.3) is 0 Å². The van der Waals surface area contributed by atoms with Crippen molar-refractivity contribution in [1.29, 1.82) is 0 Å². The molecule has 10 nitrogen and oxygen atoms in total. The molecule has 2 bridgehead atoms. The van der Waals surface area contributed by atoms with E-state index >= 15 is 4.79 Å². The Morgan fingerprint density at radius 1 is 0.766 bits per heavy atom. The Morgan fingerprint density at radius 3 is 1.64 bits per heavy atom. The molecule has 4 atom stereocenters. The monoisotopic (exact) mass is 649 g/mol. The fraction of sp³-hybridized carbons (Fsp3) is 0.649. The average molecular weight is 650 g/mol. The summed E-state index contributed by atoms with van der Waals surface area (Å²) in [6.45, 7) is 4.21. The normalized spacial score (nSPS) is 24.8. The predicted molar refractivity (Wildman–Crippen MR) is 181 cm³/mol. The average Bonchev–Trinajstić information content (AvgIpc) is 3.09. The summed E-state index contributed by atoms with van der Waals surface area (Å²) in [6, 6.07) is 9.57. The maximum atomic E-state index is 15.3. The number of likely N-dealkylation sites (N-methyl/N-ethyl adjacent to an activating group) is 1. The maximum Gasteiger partial charge on any atom is 0.322 e. The first-order valence-electron chi connectivity index (χ1n) is 17.4. The highest BCUT2D eigenvalue weighted by atomic mass is 16.5. The lowest BCUT2D eigenvalue weighted by molar-refractivity contribution is -0.206. The minimum atomic E-state index is -1.72. The van der Waals surface area contributed by atoms with E-state index in [4.69, 9.17) is 19.4 Å². The number of pyridine rings is 2. The summed E-state index contributed by atoms with van der Waals surface area (Å²) in [5.74, 6) is -1.79. The molecule has 4 rings (SSSR count). The smallest absolute Gasteiger partial charge is 0.322 e. The van der Waals surface area contributed by atoms with Gasteiger partial charge in [-0.3, -0.25) is 34.2 Å². The Hall–Kier alpha value is -3.21. The first-order valence-corrected chi connectivity index (χ1v) is 17.4. The number of aromatic nitrogens is 2. The Kier molecular flexibility index (Phi) is 13.5. The number of esters is 2. The van der Waals surface area contributed by atoms with Crippen LogP contribution in [0.1, 0.15) is 94.6 Å². The van der Waals surface area contributed by atoms with Crippen LogP contribution in [0.4, 0.5) is 0 Å². The van der Waals surface area contributed by atoms with Gasteiger partial charge in [0.05, 0.1) is 37.7 Å². The van der Waals surface area contributed by atoms with E-state index < -0.39 is 40.6 Å². The van der Waals surface area contributed by atoms with Gasteiger partial charge in [-0.1, -0.05) is 76.8 Å². The molecule has 2 aromatic rings. The molecule has 0 saturated carbocycles. The van der Waals surface area contributed by atoms with Crippen LogP contribution in [-0.2, 0) is 23.9 Å². The molecule has 0 aromatic carbocycles. The Balaban J connectivity index is 1.81. The van der Waals surface area contributed by atoms with Crippen LogP contribution in [0.2, 0.25) is 0 Å². The molecule has 2 saturated heterocycles. The Morgan fingerprint density at radius 2 is 1.23 bits per heavy atom. The van der Waals surface area contributed by atoms with Gasteiger partial charge in [-0.05, 0) is 51.3 Å². The van der Waals surface area contributed by atoms with E-state index in [0.29, 0.717) is 31.0 Å². The van der Waals surface area contributed by atoms with Crippen LogP contribution < -0.4 is 0 Å². The van der Waals surface area contributed by atoms with E-state index in [1.165, 1.54) is 59.2 Å². The summed E-state index contributed by atoms with van der Waals surface area (Å²) < 4.78 is 11.0. The first-order chi connectivity index (χ1) is 22.8. The van der Waals surface area contributed by atoms with E-state index in [1.54, 1.807) is 12.4 Å². The number of carbonyl (C=O) groups excluding carboxylic acids is 3. The molecule has 2 aliphatic rings. The van der Waals surface area contributed by atoms with Gasteiger partial charge in [0.1, 0.15) is 0 Å². The lowest BCUT2D eigenvalue weighted by atomic mass is 9.54. The number of fused-ring (bicyclic) bond motifs is 2. The van der Waals surface area contributed by atoms with Gasteiger partial charge in [0.15, 0.2) is 16.6 Å². The maximum absolute atomic E-state index is 15.3. The number of piperidine rings is 2. The molecule has 2 fully saturated rings. The van der Waals surface area contributed by atoms with Crippen LogP contribution in [0.5, 0.6) is 0 Å². The molecule has 47 heavy (non-hydrogen) atoms. The number of hydrogen-bond acceptors (Lipinski definition) is 10. The summed E-state index contributed by atoms with van der Waals surface area (Å²) >= 11 is 0. The van der Waals surface area contributed by atoms with Crippen LogP contribution in [-0.4, -0.2) is 103 Å². The van der Waals surface area contributed by atoms with Crippen molar-refractivity contribution in [2.45, 2.75) is 83.2 Å². The molecule has 4 heterocycles. The van der Waals surface area contributed by atoms with E-state index in [2.05, 4.69) is 16.7 Å². The summed E-state index contributed by atoms with van der Waals surface area (Å²) in [6.07, 6.45) is 15.1. The molecule has 0 unspecified atom stereocenters. The third kappa shape index (κ3) is 7.76. The summed E-state index contributed by atoms with van der Waals surface area (Å²) in [4.78, 5) is 59.5. The zero-order valence-electron chi connectivity index (χ0n) is 29.2. The molecule has 0 N–H and O–H groups in total. The third-order valence-corrected chi connectivity index (χ3v) is 10.0. The van der Waals surface area contributed by atoms with Gasteiger partial charge in [-0.25, -0.2) is 0 Å². The van der Waals surface area contributed by atoms with Crippen molar-refractivity contribution < 1.29 is 23.9 Å². The lowest BCUT2D eigenvalue weighted by Crippen LogP contribution is -2.76. The second-order valence-electron chi connectivity index (χ2n) is 13.5. The highest BCUT2D eigenvalue weighted by molar-refractivity contribution is 6.17. The van der Waals surface area contributed by atoms with Gasteiger partial charge in [-0.2, -0.15) is 0 Å². The largest absolute Gasteiger partial charge is 0.468 e. The van der Waals surface area contributed by atoms with Gasteiger partial charge < -0.3 is 14.4 Å². The molecule has 0 radical (unpaired) electrons. The summed E-state index contributed by atoms with van der Waals surface area (Å²) in [5.41, 5.74) is -2.25. The van der Waals surface area contributed by atoms with Crippen LogP contribution >= 0.6 is 0 Å². The number of rotatable bonds is 18. The van der Waals surface area contributed by atoms with E-state index in [1.807, 2.05) is 55.4 Å². The third-order valence-electron chi connectivity index (χ3n) is 10.0. The predicted octanol–water partition coefficient (Wildman–Crippen LogP) is 5.26. The van der Waals surface area contributed by atoms with Crippen molar-refractivity contribution in [2.75, 3.05) is 61.0 Å². The first kappa shape index (κ1) is 36.6.